The maximum atomic E-state index is 13.1. The number of methoxy groups -OCH3 is 1. The summed E-state index contributed by atoms with van der Waals surface area (Å²) in [5, 5.41) is 52.5. The van der Waals surface area contributed by atoms with Crippen molar-refractivity contribution in [3.63, 3.8) is 0 Å². The molecule has 4 rings (SSSR count). The van der Waals surface area contributed by atoms with Crippen molar-refractivity contribution in [2.45, 2.75) is 37.4 Å². The van der Waals surface area contributed by atoms with Gasteiger partial charge in [0, 0.05) is 29.2 Å². The molecule has 2 aliphatic carbocycles. The molecule has 0 fully saturated rings. The minimum Gasteiger partial charge on any atom is -0.508 e. The number of ether oxygens (including phenoxy) is 1. The number of fused-ring (bicyclic) bond motifs is 3. The van der Waals surface area contributed by atoms with E-state index < -0.39 is 58.0 Å². The van der Waals surface area contributed by atoms with Crippen molar-refractivity contribution < 1.29 is 44.7 Å². The summed E-state index contributed by atoms with van der Waals surface area (Å²) < 4.78 is 4.82. The number of aliphatic hydroxyl groups is 2. The quantitative estimate of drug-likeness (QED) is 0.380. The largest absolute Gasteiger partial charge is 0.508 e. The van der Waals surface area contributed by atoms with Crippen molar-refractivity contribution >= 4 is 17.5 Å². The molecule has 9 heteroatoms. The number of carbonyl (C=O) groups is 3. The Bertz CT molecular complexity index is 1170. The SMILES string of the molecule is CCC1(O)CC(O)c2c(cc3c(c2O)C(=O)c2c(O)cc(O)cc2C3=O)C1C(=O)OC. The molecule has 2 aliphatic rings. The van der Waals surface area contributed by atoms with E-state index >= 15 is 0 Å². The minimum absolute atomic E-state index is 0.0276. The van der Waals surface area contributed by atoms with Crippen molar-refractivity contribution in [1.82, 2.24) is 0 Å². The summed E-state index contributed by atoms with van der Waals surface area (Å²) in [5.74, 6) is -5.58. The van der Waals surface area contributed by atoms with Gasteiger partial charge in [0.1, 0.15) is 23.2 Å². The highest BCUT2D eigenvalue weighted by Gasteiger charge is 2.51. The van der Waals surface area contributed by atoms with Crippen molar-refractivity contribution in [2.24, 2.45) is 0 Å². The second kappa shape index (κ2) is 6.79. The molecule has 0 saturated carbocycles. The molecule has 0 saturated heterocycles. The molecule has 0 amide bonds. The number of hydrogen-bond donors (Lipinski definition) is 5. The van der Waals surface area contributed by atoms with Crippen LogP contribution in [0.3, 0.4) is 0 Å². The molecule has 9 nitrogen and oxygen atoms in total. The Hall–Kier alpha value is -3.43. The average Bonchev–Trinajstić information content (AvgIpc) is 2.70. The number of rotatable bonds is 2. The van der Waals surface area contributed by atoms with Gasteiger partial charge in [0.2, 0.25) is 5.78 Å². The van der Waals surface area contributed by atoms with Crippen LogP contribution in [0.15, 0.2) is 18.2 Å². The Morgan fingerprint density at radius 1 is 1.10 bits per heavy atom. The van der Waals surface area contributed by atoms with Crippen LogP contribution in [0.1, 0.15) is 74.8 Å². The van der Waals surface area contributed by atoms with Gasteiger partial charge in [0.25, 0.3) is 0 Å². The predicted octanol–water partition coefficient (Wildman–Crippen LogP) is 1.41. The van der Waals surface area contributed by atoms with Crippen molar-refractivity contribution in [1.29, 1.82) is 0 Å². The molecule has 3 atom stereocenters. The van der Waals surface area contributed by atoms with Crippen LogP contribution in [0.5, 0.6) is 17.2 Å². The van der Waals surface area contributed by atoms with Crippen LogP contribution in [0, 0.1) is 0 Å². The second-order valence-electron chi connectivity index (χ2n) is 7.83. The number of aromatic hydroxyl groups is 3. The van der Waals surface area contributed by atoms with E-state index in [9.17, 15) is 39.9 Å². The highest BCUT2D eigenvalue weighted by Crippen LogP contribution is 2.52. The van der Waals surface area contributed by atoms with Crippen LogP contribution in [0.2, 0.25) is 0 Å². The second-order valence-corrected chi connectivity index (χ2v) is 7.83. The van der Waals surface area contributed by atoms with Crippen LogP contribution in [-0.4, -0.2) is 55.8 Å². The topological polar surface area (TPSA) is 162 Å². The fraction of sp³-hybridized carbons (Fsp3) is 0.318. The van der Waals surface area contributed by atoms with Crippen LogP contribution in [-0.2, 0) is 9.53 Å². The summed E-state index contributed by atoms with van der Waals surface area (Å²) in [4.78, 5) is 38.8. The van der Waals surface area contributed by atoms with Gasteiger partial charge in [-0.05, 0) is 24.1 Å². The molecule has 0 radical (unpaired) electrons. The lowest BCUT2D eigenvalue weighted by Gasteiger charge is -2.42. The molecule has 0 aliphatic heterocycles. The smallest absolute Gasteiger partial charge is 0.316 e. The average molecular weight is 428 g/mol. The van der Waals surface area contributed by atoms with E-state index in [0.717, 1.165) is 19.2 Å². The standard InChI is InChI=1S/C22H20O9/c1-3-22(30)7-13(25)14-9(17(22)21(29)31-2)6-11-16(19(14)27)20(28)15-10(18(11)26)4-8(23)5-12(15)24/h4-6,13,17,23-25,27,30H,3,7H2,1-2H3. The van der Waals surface area contributed by atoms with E-state index in [2.05, 4.69) is 0 Å². The van der Waals surface area contributed by atoms with Gasteiger partial charge >= 0.3 is 5.97 Å². The predicted molar refractivity (Wildman–Crippen MR) is 104 cm³/mol. The zero-order chi connectivity index (χ0) is 22.8. The van der Waals surface area contributed by atoms with E-state index in [1.54, 1.807) is 6.92 Å². The third kappa shape index (κ3) is 2.74. The molecule has 5 N–H and O–H groups in total. The molecule has 2 aromatic carbocycles. The lowest BCUT2D eigenvalue weighted by Crippen LogP contribution is -2.46. The molecule has 0 heterocycles. The minimum atomic E-state index is -1.71. The number of phenols is 3. The first kappa shape index (κ1) is 20.8. The maximum Gasteiger partial charge on any atom is 0.316 e. The third-order valence-electron chi connectivity index (χ3n) is 6.20. The number of esters is 1. The van der Waals surface area contributed by atoms with Gasteiger partial charge in [-0.15, -0.1) is 0 Å². The zero-order valence-electron chi connectivity index (χ0n) is 16.7. The van der Waals surface area contributed by atoms with Crippen molar-refractivity contribution in [3.05, 3.63) is 51.6 Å². The molecular formula is C22H20O9. The summed E-state index contributed by atoms with van der Waals surface area (Å²) in [6.07, 6.45) is -1.66. The van der Waals surface area contributed by atoms with Gasteiger partial charge in [-0.3, -0.25) is 14.4 Å². The summed E-state index contributed by atoms with van der Waals surface area (Å²) in [7, 11) is 1.12. The normalized spacial score (nSPS) is 24.3. The molecule has 0 aromatic heterocycles. The van der Waals surface area contributed by atoms with E-state index in [1.165, 1.54) is 6.07 Å². The first-order valence-electron chi connectivity index (χ1n) is 9.59. The number of benzene rings is 2. The van der Waals surface area contributed by atoms with Gasteiger partial charge < -0.3 is 30.3 Å². The van der Waals surface area contributed by atoms with E-state index in [4.69, 9.17) is 4.74 Å². The first-order chi connectivity index (χ1) is 14.6. The Morgan fingerprint density at radius 2 is 1.74 bits per heavy atom. The van der Waals surface area contributed by atoms with Crippen LogP contribution < -0.4 is 0 Å². The Kier molecular flexibility index (Phi) is 4.56. The fourth-order valence-electron chi connectivity index (χ4n) is 4.66. The van der Waals surface area contributed by atoms with E-state index in [-0.39, 0.29) is 40.7 Å². The molecule has 0 bridgehead atoms. The highest BCUT2D eigenvalue weighted by molar-refractivity contribution is 6.30. The number of phenolic OH excluding ortho intramolecular Hbond substituents is 3. The van der Waals surface area contributed by atoms with Gasteiger partial charge in [-0.25, -0.2) is 0 Å². The van der Waals surface area contributed by atoms with Crippen LogP contribution in [0.25, 0.3) is 0 Å². The third-order valence-corrected chi connectivity index (χ3v) is 6.20. The number of carbonyl (C=O) groups excluding carboxylic acids is 3. The molecule has 0 spiro atoms. The summed E-state index contributed by atoms with van der Waals surface area (Å²) in [6.45, 7) is 1.61. The van der Waals surface area contributed by atoms with Crippen molar-refractivity contribution in [3.8, 4) is 17.2 Å². The number of hydrogen-bond acceptors (Lipinski definition) is 9. The molecule has 31 heavy (non-hydrogen) atoms. The van der Waals surface area contributed by atoms with Crippen LogP contribution >= 0.6 is 0 Å². The van der Waals surface area contributed by atoms with Gasteiger partial charge in [-0.2, -0.15) is 0 Å². The molecule has 162 valence electrons. The lowest BCUT2D eigenvalue weighted by atomic mass is 9.67. The van der Waals surface area contributed by atoms with E-state index in [1.807, 2.05) is 0 Å². The summed E-state index contributed by atoms with van der Waals surface area (Å²) >= 11 is 0. The lowest BCUT2D eigenvalue weighted by molar-refractivity contribution is -0.153. The van der Waals surface area contributed by atoms with E-state index in [0.29, 0.717) is 0 Å². The Labute approximate surface area is 176 Å². The van der Waals surface area contributed by atoms with Gasteiger partial charge in [0.05, 0.1) is 29.9 Å². The highest BCUT2D eigenvalue weighted by atomic mass is 16.5. The molecular weight excluding hydrogens is 408 g/mol. The monoisotopic (exact) mass is 428 g/mol. The molecule has 2 aromatic rings. The fourth-order valence-corrected chi connectivity index (χ4v) is 4.66. The Morgan fingerprint density at radius 3 is 2.35 bits per heavy atom. The maximum absolute atomic E-state index is 13.1. The zero-order valence-corrected chi connectivity index (χ0v) is 16.7. The summed E-state index contributed by atoms with van der Waals surface area (Å²) in [5.41, 5.74) is -3.26. The first-order valence-corrected chi connectivity index (χ1v) is 9.59. The molecule has 3 unspecified atom stereocenters. The Balaban J connectivity index is 2.05. The van der Waals surface area contributed by atoms with Gasteiger partial charge in [0.15, 0.2) is 5.78 Å². The van der Waals surface area contributed by atoms with Gasteiger partial charge in [-0.1, -0.05) is 6.92 Å². The van der Waals surface area contributed by atoms with Crippen LogP contribution in [0.4, 0.5) is 0 Å². The number of ketones is 2. The summed E-state index contributed by atoms with van der Waals surface area (Å²) in [6, 6.07) is 3.09. The van der Waals surface area contributed by atoms with Crippen molar-refractivity contribution in [2.75, 3.05) is 7.11 Å². The number of aliphatic hydroxyl groups excluding tert-OH is 1.